The van der Waals surface area contributed by atoms with Crippen molar-refractivity contribution >= 4 is 11.6 Å². The second kappa shape index (κ2) is 7.30. The molecule has 0 aliphatic carbocycles. The van der Waals surface area contributed by atoms with Crippen LogP contribution in [0.1, 0.15) is 38.4 Å². The topological polar surface area (TPSA) is 30.5 Å². The molecule has 0 aromatic heterocycles. The van der Waals surface area contributed by atoms with Crippen molar-refractivity contribution in [1.29, 1.82) is 0 Å². The van der Waals surface area contributed by atoms with E-state index < -0.39 is 0 Å². The summed E-state index contributed by atoms with van der Waals surface area (Å²) in [4.78, 5) is 0. The first kappa shape index (κ1) is 15.6. The molecule has 1 fully saturated rings. The zero-order valence-electron chi connectivity index (χ0n) is 12.5. The molecule has 20 heavy (non-hydrogen) atoms. The van der Waals surface area contributed by atoms with Gasteiger partial charge in [-0.05, 0) is 30.5 Å². The summed E-state index contributed by atoms with van der Waals surface area (Å²) in [5.41, 5.74) is 1.14. The normalized spacial score (nSPS) is 23.1. The van der Waals surface area contributed by atoms with Gasteiger partial charge in [0.05, 0.1) is 18.2 Å². The average Bonchev–Trinajstić information content (AvgIpc) is 2.45. The third-order valence-electron chi connectivity index (χ3n) is 3.74. The molecule has 1 aromatic rings. The van der Waals surface area contributed by atoms with Crippen molar-refractivity contribution in [2.45, 2.75) is 38.8 Å². The maximum absolute atomic E-state index is 6.23. The van der Waals surface area contributed by atoms with Gasteiger partial charge < -0.3 is 14.8 Å². The van der Waals surface area contributed by atoms with Gasteiger partial charge in [-0.1, -0.05) is 31.5 Å². The summed E-state index contributed by atoms with van der Waals surface area (Å²) in [6.07, 6.45) is 2.44. The first-order valence-corrected chi connectivity index (χ1v) is 7.68. The molecule has 1 N–H and O–H groups in total. The van der Waals surface area contributed by atoms with Gasteiger partial charge in [-0.3, -0.25) is 0 Å². The molecule has 1 aliphatic heterocycles. The van der Waals surface area contributed by atoms with Crippen LogP contribution in [0.5, 0.6) is 5.75 Å². The number of nitrogens with one attached hydrogen (secondary N) is 1. The number of rotatable bonds is 5. The number of ether oxygens (including phenoxy) is 2. The Morgan fingerprint density at radius 1 is 1.45 bits per heavy atom. The van der Waals surface area contributed by atoms with Gasteiger partial charge in [0.1, 0.15) is 5.75 Å². The second-order valence-corrected chi connectivity index (χ2v) is 6.06. The van der Waals surface area contributed by atoms with Gasteiger partial charge in [0, 0.05) is 25.1 Å². The van der Waals surface area contributed by atoms with Crippen molar-refractivity contribution in [2.75, 3.05) is 20.3 Å². The van der Waals surface area contributed by atoms with Gasteiger partial charge in [0.15, 0.2) is 0 Å². The number of methoxy groups -OCH3 is 1. The molecule has 0 saturated carbocycles. The minimum Gasteiger partial charge on any atom is -0.495 e. The Kier molecular flexibility index (Phi) is 5.70. The average molecular weight is 298 g/mol. The Balaban J connectivity index is 2.12. The second-order valence-electron chi connectivity index (χ2n) is 5.65. The molecule has 1 aromatic carbocycles. The van der Waals surface area contributed by atoms with Gasteiger partial charge >= 0.3 is 0 Å². The predicted octanol–water partition coefficient (Wildman–Crippen LogP) is 3.81. The smallest absolute Gasteiger partial charge is 0.137 e. The van der Waals surface area contributed by atoms with Crippen LogP contribution in [0.2, 0.25) is 5.02 Å². The minimum atomic E-state index is 0.124. The lowest BCUT2D eigenvalue weighted by molar-refractivity contribution is -0.0282. The number of benzene rings is 1. The molecular formula is C16H24ClNO2. The van der Waals surface area contributed by atoms with Crippen molar-refractivity contribution in [1.82, 2.24) is 5.32 Å². The highest BCUT2D eigenvalue weighted by Gasteiger charge is 2.27. The summed E-state index contributed by atoms with van der Waals surface area (Å²) >= 11 is 6.23. The molecule has 1 aliphatic rings. The van der Waals surface area contributed by atoms with Crippen LogP contribution in [-0.4, -0.2) is 26.3 Å². The number of hydrogen-bond acceptors (Lipinski definition) is 3. The molecule has 112 valence electrons. The molecule has 1 heterocycles. The van der Waals surface area contributed by atoms with Crippen molar-refractivity contribution in [3.8, 4) is 5.75 Å². The Hall–Kier alpha value is -0.770. The molecule has 0 radical (unpaired) electrons. The van der Waals surface area contributed by atoms with Gasteiger partial charge in [0.2, 0.25) is 0 Å². The van der Waals surface area contributed by atoms with Gasteiger partial charge in [-0.25, -0.2) is 0 Å². The molecule has 0 spiro atoms. The Morgan fingerprint density at radius 3 is 2.90 bits per heavy atom. The quantitative estimate of drug-likeness (QED) is 0.896. The SMILES string of the molecule is COc1ccc(C2OCCCC2CNC(C)C)cc1Cl. The Labute approximate surface area is 126 Å². The van der Waals surface area contributed by atoms with Crippen LogP contribution in [0, 0.1) is 5.92 Å². The van der Waals surface area contributed by atoms with E-state index in [0.717, 1.165) is 25.1 Å². The first-order valence-electron chi connectivity index (χ1n) is 7.30. The molecule has 2 rings (SSSR count). The van der Waals surface area contributed by atoms with E-state index in [0.29, 0.717) is 22.7 Å². The molecule has 0 bridgehead atoms. The van der Waals surface area contributed by atoms with E-state index in [1.54, 1.807) is 7.11 Å². The molecule has 2 atom stereocenters. The van der Waals surface area contributed by atoms with Crippen LogP contribution >= 0.6 is 11.6 Å². The van der Waals surface area contributed by atoms with E-state index >= 15 is 0 Å². The molecule has 2 unspecified atom stereocenters. The fraction of sp³-hybridized carbons (Fsp3) is 0.625. The minimum absolute atomic E-state index is 0.124. The molecular weight excluding hydrogens is 274 g/mol. The van der Waals surface area contributed by atoms with Crippen LogP contribution < -0.4 is 10.1 Å². The third kappa shape index (κ3) is 3.87. The van der Waals surface area contributed by atoms with Crippen LogP contribution in [0.25, 0.3) is 0 Å². The maximum atomic E-state index is 6.23. The van der Waals surface area contributed by atoms with E-state index in [-0.39, 0.29) is 6.10 Å². The standard InChI is InChI=1S/C16H24ClNO2/c1-11(2)18-10-13-5-4-8-20-16(13)12-6-7-15(19-3)14(17)9-12/h6-7,9,11,13,16,18H,4-5,8,10H2,1-3H3. The lowest BCUT2D eigenvalue weighted by Crippen LogP contribution is -2.35. The molecule has 4 heteroatoms. The highest BCUT2D eigenvalue weighted by atomic mass is 35.5. The van der Waals surface area contributed by atoms with Crippen molar-refractivity contribution in [3.63, 3.8) is 0 Å². The molecule has 3 nitrogen and oxygen atoms in total. The Morgan fingerprint density at radius 2 is 2.25 bits per heavy atom. The van der Waals surface area contributed by atoms with Gasteiger partial charge in [-0.15, -0.1) is 0 Å². The van der Waals surface area contributed by atoms with Crippen LogP contribution in [0.4, 0.5) is 0 Å². The van der Waals surface area contributed by atoms with Crippen LogP contribution in [0.3, 0.4) is 0 Å². The Bertz CT molecular complexity index is 436. The summed E-state index contributed by atoms with van der Waals surface area (Å²) in [6.45, 7) is 6.14. The fourth-order valence-electron chi connectivity index (χ4n) is 2.67. The number of hydrogen-bond donors (Lipinski definition) is 1. The highest BCUT2D eigenvalue weighted by Crippen LogP contribution is 2.36. The van der Waals surface area contributed by atoms with Crippen LogP contribution in [-0.2, 0) is 4.74 Å². The summed E-state index contributed by atoms with van der Waals surface area (Å²) in [7, 11) is 1.63. The van der Waals surface area contributed by atoms with E-state index in [9.17, 15) is 0 Å². The lowest BCUT2D eigenvalue weighted by Gasteiger charge is -2.33. The van der Waals surface area contributed by atoms with Gasteiger partial charge in [0.25, 0.3) is 0 Å². The lowest BCUT2D eigenvalue weighted by atomic mass is 9.89. The van der Waals surface area contributed by atoms with E-state index in [1.165, 1.54) is 6.42 Å². The number of halogens is 1. The highest BCUT2D eigenvalue weighted by molar-refractivity contribution is 6.32. The zero-order valence-corrected chi connectivity index (χ0v) is 13.2. The van der Waals surface area contributed by atoms with E-state index in [1.807, 2.05) is 12.1 Å². The van der Waals surface area contributed by atoms with E-state index in [4.69, 9.17) is 21.1 Å². The van der Waals surface area contributed by atoms with E-state index in [2.05, 4.69) is 25.2 Å². The maximum Gasteiger partial charge on any atom is 0.137 e. The molecule has 0 amide bonds. The predicted molar refractivity (Wildman–Crippen MR) is 82.6 cm³/mol. The van der Waals surface area contributed by atoms with Crippen molar-refractivity contribution in [3.05, 3.63) is 28.8 Å². The summed E-state index contributed by atoms with van der Waals surface area (Å²) in [5.74, 6) is 1.21. The monoisotopic (exact) mass is 297 g/mol. The van der Waals surface area contributed by atoms with Gasteiger partial charge in [-0.2, -0.15) is 0 Å². The van der Waals surface area contributed by atoms with Crippen molar-refractivity contribution < 1.29 is 9.47 Å². The fourth-order valence-corrected chi connectivity index (χ4v) is 2.93. The largest absolute Gasteiger partial charge is 0.495 e. The summed E-state index contributed by atoms with van der Waals surface area (Å²) in [6, 6.07) is 6.45. The summed E-state index contributed by atoms with van der Waals surface area (Å²) in [5, 5.41) is 4.16. The molecule has 1 saturated heterocycles. The first-order chi connectivity index (χ1) is 9.61. The summed E-state index contributed by atoms with van der Waals surface area (Å²) < 4.78 is 11.2. The van der Waals surface area contributed by atoms with Crippen LogP contribution in [0.15, 0.2) is 18.2 Å². The van der Waals surface area contributed by atoms with Crippen molar-refractivity contribution in [2.24, 2.45) is 5.92 Å². The third-order valence-corrected chi connectivity index (χ3v) is 4.03. The zero-order chi connectivity index (χ0) is 14.5.